The Labute approximate surface area is 73.1 Å². The first kappa shape index (κ1) is 9.50. The Balaban J connectivity index is 2.57. The van der Waals surface area contributed by atoms with E-state index in [1.807, 2.05) is 31.2 Å². The van der Waals surface area contributed by atoms with Gasteiger partial charge in [-0.1, -0.05) is 29.8 Å². The van der Waals surface area contributed by atoms with Gasteiger partial charge in [0.25, 0.3) is 0 Å². The van der Waals surface area contributed by atoms with Crippen LogP contribution in [-0.2, 0) is 11.0 Å². The highest BCUT2D eigenvalue weighted by atomic mass is 31.1. The molecule has 0 heterocycles. The second-order valence-electron chi connectivity index (χ2n) is 2.88. The third kappa shape index (κ3) is 3.21. The molecule has 0 amide bonds. The van der Waals surface area contributed by atoms with Gasteiger partial charge < -0.3 is 4.89 Å². The molecule has 1 N–H and O–H groups in total. The number of rotatable bonds is 3. The van der Waals surface area contributed by atoms with E-state index in [9.17, 15) is 4.57 Å². The fourth-order valence-electron chi connectivity index (χ4n) is 1.12. The average Bonchev–Trinajstić information content (AvgIpc) is 2.01. The molecule has 1 rings (SSSR count). The fourth-order valence-corrected chi connectivity index (χ4v) is 1.62. The van der Waals surface area contributed by atoms with Crippen molar-refractivity contribution < 1.29 is 9.46 Å². The number of hydrogen-bond donors (Lipinski definition) is 1. The Bertz CT molecular complexity index is 284. The topological polar surface area (TPSA) is 37.3 Å². The van der Waals surface area contributed by atoms with E-state index in [0.717, 1.165) is 5.56 Å². The van der Waals surface area contributed by atoms with E-state index in [1.165, 1.54) is 5.56 Å². The molecule has 0 aliphatic carbocycles. The molecule has 1 unspecified atom stereocenters. The summed E-state index contributed by atoms with van der Waals surface area (Å²) in [6, 6.07) is 8.02. The van der Waals surface area contributed by atoms with E-state index >= 15 is 0 Å². The van der Waals surface area contributed by atoms with Crippen molar-refractivity contribution in [2.75, 3.05) is 6.16 Å². The van der Waals surface area contributed by atoms with E-state index in [1.54, 1.807) is 0 Å². The average molecular weight is 184 g/mol. The maximum atomic E-state index is 10.4. The lowest BCUT2D eigenvalue weighted by Crippen LogP contribution is -1.88. The molecule has 0 fully saturated rings. The standard InChI is InChI=1S/C9H13O2P/c1-8-3-2-4-9(7-8)5-6-12(10)11/h2-4,7,12H,5-6H2,1H3,(H,10,11). The molecule has 0 spiro atoms. The first-order valence-electron chi connectivity index (χ1n) is 3.96. The van der Waals surface area contributed by atoms with E-state index in [0.29, 0.717) is 12.6 Å². The first-order chi connectivity index (χ1) is 5.68. The fraction of sp³-hybridized carbons (Fsp3) is 0.333. The van der Waals surface area contributed by atoms with Crippen LogP contribution in [0, 0.1) is 6.92 Å². The zero-order valence-electron chi connectivity index (χ0n) is 7.08. The van der Waals surface area contributed by atoms with Crippen molar-refractivity contribution in [3.8, 4) is 0 Å². The summed E-state index contributed by atoms with van der Waals surface area (Å²) in [7, 11) is -2.29. The Hall–Kier alpha value is -0.590. The summed E-state index contributed by atoms with van der Waals surface area (Å²) < 4.78 is 10.4. The maximum Gasteiger partial charge on any atom is 0.189 e. The molecule has 0 aliphatic heterocycles. The largest absolute Gasteiger partial charge is 0.346 e. The van der Waals surface area contributed by atoms with Gasteiger partial charge in [0.1, 0.15) is 0 Å². The molecule has 66 valence electrons. The van der Waals surface area contributed by atoms with Crippen molar-refractivity contribution in [3.63, 3.8) is 0 Å². The summed E-state index contributed by atoms with van der Waals surface area (Å²) >= 11 is 0. The lowest BCUT2D eigenvalue weighted by molar-refractivity contribution is 0.502. The highest BCUT2D eigenvalue weighted by molar-refractivity contribution is 7.37. The van der Waals surface area contributed by atoms with Gasteiger partial charge in [0.2, 0.25) is 0 Å². The van der Waals surface area contributed by atoms with Crippen molar-refractivity contribution in [3.05, 3.63) is 35.4 Å². The summed E-state index contributed by atoms with van der Waals surface area (Å²) in [6.45, 7) is 2.02. The van der Waals surface area contributed by atoms with Crippen molar-refractivity contribution >= 4 is 8.03 Å². The van der Waals surface area contributed by atoms with Gasteiger partial charge in [-0.15, -0.1) is 0 Å². The number of aryl methyl sites for hydroxylation is 2. The van der Waals surface area contributed by atoms with Crippen LogP contribution in [0.3, 0.4) is 0 Å². The second-order valence-corrected chi connectivity index (χ2v) is 4.17. The molecule has 3 heteroatoms. The molecule has 0 aliphatic rings. The van der Waals surface area contributed by atoms with Crippen molar-refractivity contribution in [2.24, 2.45) is 0 Å². The van der Waals surface area contributed by atoms with Crippen LogP contribution in [0.1, 0.15) is 11.1 Å². The van der Waals surface area contributed by atoms with Crippen LogP contribution in [0.5, 0.6) is 0 Å². The smallest absolute Gasteiger partial charge is 0.189 e. The van der Waals surface area contributed by atoms with E-state index in [4.69, 9.17) is 4.89 Å². The van der Waals surface area contributed by atoms with Crippen LogP contribution in [0.25, 0.3) is 0 Å². The van der Waals surface area contributed by atoms with Crippen LogP contribution in [0.4, 0.5) is 0 Å². The predicted octanol–water partition coefficient (Wildman–Crippen LogP) is 2.00. The zero-order chi connectivity index (χ0) is 8.97. The molecular weight excluding hydrogens is 171 g/mol. The Morgan fingerprint density at radius 3 is 2.83 bits per heavy atom. The van der Waals surface area contributed by atoms with Gasteiger partial charge in [0.15, 0.2) is 8.03 Å². The van der Waals surface area contributed by atoms with Crippen molar-refractivity contribution in [2.45, 2.75) is 13.3 Å². The number of benzene rings is 1. The molecule has 2 nitrogen and oxygen atoms in total. The molecular formula is C9H13O2P. The van der Waals surface area contributed by atoms with Crippen LogP contribution in [0.2, 0.25) is 0 Å². The van der Waals surface area contributed by atoms with Gasteiger partial charge in [-0.25, -0.2) is 0 Å². The van der Waals surface area contributed by atoms with Gasteiger partial charge in [-0.3, -0.25) is 4.57 Å². The first-order valence-corrected chi connectivity index (χ1v) is 5.52. The minimum atomic E-state index is -2.29. The molecule has 1 aromatic carbocycles. The second kappa shape index (κ2) is 4.44. The lowest BCUT2D eigenvalue weighted by atomic mass is 10.1. The Kier molecular flexibility index (Phi) is 3.51. The Morgan fingerprint density at radius 2 is 2.25 bits per heavy atom. The lowest BCUT2D eigenvalue weighted by Gasteiger charge is -1.99. The summed E-state index contributed by atoms with van der Waals surface area (Å²) in [5.74, 6) is 0. The molecule has 1 aromatic rings. The van der Waals surface area contributed by atoms with Gasteiger partial charge in [-0.05, 0) is 18.9 Å². The summed E-state index contributed by atoms with van der Waals surface area (Å²) in [6.07, 6.45) is 1.10. The van der Waals surface area contributed by atoms with Crippen molar-refractivity contribution in [1.29, 1.82) is 0 Å². The van der Waals surface area contributed by atoms with E-state index < -0.39 is 8.03 Å². The summed E-state index contributed by atoms with van der Waals surface area (Å²) in [4.78, 5) is 8.63. The monoisotopic (exact) mass is 184 g/mol. The summed E-state index contributed by atoms with van der Waals surface area (Å²) in [5, 5.41) is 0. The normalized spacial score (nSPS) is 12.8. The molecule has 0 saturated carbocycles. The predicted molar refractivity (Wildman–Crippen MR) is 51.0 cm³/mol. The van der Waals surface area contributed by atoms with Crippen LogP contribution >= 0.6 is 8.03 Å². The third-order valence-electron chi connectivity index (χ3n) is 1.71. The minimum Gasteiger partial charge on any atom is -0.346 e. The molecule has 0 saturated heterocycles. The quantitative estimate of drug-likeness (QED) is 0.729. The van der Waals surface area contributed by atoms with Crippen LogP contribution < -0.4 is 0 Å². The highest BCUT2D eigenvalue weighted by Crippen LogP contribution is 2.15. The minimum absolute atomic E-state index is 0.397. The van der Waals surface area contributed by atoms with E-state index in [-0.39, 0.29) is 0 Å². The van der Waals surface area contributed by atoms with Crippen LogP contribution in [-0.4, -0.2) is 11.1 Å². The molecule has 12 heavy (non-hydrogen) atoms. The maximum absolute atomic E-state index is 10.4. The Morgan fingerprint density at radius 1 is 1.50 bits per heavy atom. The van der Waals surface area contributed by atoms with E-state index in [2.05, 4.69) is 0 Å². The van der Waals surface area contributed by atoms with Gasteiger partial charge in [-0.2, -0.15) is 0 Å². The highest BCUT2D eigenvalue weighted by Gasteiger charge is 1.96. The molecule has 0 bridgehead atoms. The molecule has 0 aromatic heterocycles. The van der Waals surface area contributed by atoms with Crippen molar-refractivity contribution in [1.82, 2.24) is 0 Å². The number of hydrogen-bond acceptors (Lipinski definition) is 1. The SMILES string of the molecule is Cc1cccc(CC[PH](=O)O)c1. The van der Waals surface area contributed by atoms with Gasteiger partial charge >= 0.3 is 0 Å². The van der Waals surface area contributed by atoms with Crippen LogP contribution in [0.15, 0.2) is 24.3 Å². The zero-order valence-corrected chi connectivity index (χ0v) is 8.08. The molecule has 1 atom stereocenters. The summed E-state index contributed by atoms with van der Waals surface area (Å²) in [5.41, 5.74) is 2.34. The van der Waals surface area contributed by atoms with Gasteiger partial charge in [0.05, 0.1) is 0 Å². The van der Waals surface area contributed by atoms with Gasteiger partial charge in [0, 0.05) is 6.16 Å². The molecule has 0 radical (unpaired) electrons. The third-order valence-corrected chi connectivity index (χ3v) is 2.39.